The van der Waals surface area contributed by atoms with E-state index in [-0.39, 0.29) is 5.91 Å². The van der Waals surface area contributed by atoms with Crippen molar-refractivity contribution in [2.45, 2.75) is 58.4 Å². The highest BCUT2D eigenvalue weighted by molar-refractivity contribution is 5.93. The number of methoxy groups -OCH3 is 2. The van der Waals surface area contributed by atoms with Gasteiger partial charge in [-0.1, -0.05) is 13.8 Å². The molecule has 0 aliphatic carbocycles. The lowest BCUT2D eigenvalue weighted by Crippen LogP contribution is -2.33. The van der Waals surface area contributed by atoms with E-state index in [1.165, 1.54) is 0 Å². The minimum Gasteiger partial charge on any atom is -0.497 e. The lowest BCUT2D eigenvalue weighted by atomic mass is 10.2. The first kappa shape index (κ1) is 36.5. The fraction of sp³-hybridized carbons (Fsp3) is 0.385. The zero-order chi connectivity index (χ0) is 36.3. The third-order valence-corrected chi connectivity index (χ3v) is 8.64. The Bertz CT molecular complexity index is 1890. The predicted molar refractivity (Wildman–Crippen MR) is 199 cm³/mol. The number of aryl methyl sites for hydroxylation is 1. The maximum atomic E-state index is 12.4. The molecule has 52 heavy (non-hydrogen) atoms. The first-order valence-electron chi connectivity index (χ1n) is 17.7. The first-order valence-corrected chi connectivity index (χ1v) is 17.7. The molecule has 1 aliphatic rings. The van der Waals surface area contributed by atoms with Crippen LogP contribution in [0.3, 0.4) is 0 Å². The van der Waals surface area contributed by atoms with Crippen LogP contribution in [-0.2, 0) is 16.1 Å². The number of rotatable bonds is 17. The SMILES string of the molecule is COc1cc(OC)cc(N(CCNC(C)C)c2ccc3ncc(-c4cnn(CCCOc5ccc(C(=O)NOC6CCCCO6)cc5)c4)nc3c2)c1. The van der Waals surface area contributed by atoms with Gasteiger partial charge in [0.2, 0.25) is 0 Å². The number of hydroxylamine groups is 1. The molecule has 1 fully saturated rings. The fourth-order valence-corrected chi connectivity index (χ4v) is 5.85. The van der Waals surface area contributed by atoms with Crippen LogP contribution in [0.4, 0.5) is 11.4 Å². The van der Waals surface area contributed by atoms with Crippen molar-refractivity contribution in [2.75, 3.05) is 45.4 Å². The number of hydrogen-bond donors (Lipinski definition) is 2. The predicted octanol–water partition coefficient (Wildman–Crippen LogP) is 6.30. The molecule has 274 valence electrons. The van der Waals surface area contributed by atoms with Crippen LogP contribution in [0.5, 0.6) is 17.2 Å². The number of carbonyl (C=O) groups is 1. The van der Waals surface area contributed by atoms with Gasteiger partial charge in [-0.3, -0.25) is 14.5 Å². The molecule has 1 amide bonds. The highest BCUT2D eigenvalue weighted by Gasteiger charge is 2.17. The second kappa shape index (κ2) is 17.8. The highest BCUT2D eigenvalue weighted by atomic mass is 16.8. The summed E-state index contributed by atoms with van der Waals surface area (Å²) in [6.45, 7) is 7.57. The molecular formula is C39H47N7O6. The number of benzene rings is 3. The molecule has 2 aromatic heterocycles. The van der Waals surface area contributed by atoms with Gasteiger partial charge in [0, 0.05) is 92.0 Å². The molecule has 0 spiro atoms. The van der Waals surface area contributed by atoms with Gasteiger partial charge in [0.15, 0.2) is 6.29 Å². The summed E-state index contributed by atoms with van der Waals surface area (Å²) in [4.78, 5) is 29.7. The van der Waals surface area contributed by atoms with Crippen LogP contribution in [-0.4, -0.2) is 78.5 Å². The number of hydrogen-bond acceptors (Lipinski definition) is 11. The van der Waals surface area contributed by atoms with Crippen LogP contribution in [0.15, 0.2) is 79.3 Å². The molecule has 3 aromatic carbocycles. The Kier molecular flexibility index (Phi) is 12.5. The number of nitrogens with one attached hydrogen (secondary N) is 2. The van der Waals surface area contributed by atoms with Gasteiger partial charge in [-0.2, -0.15) is 5.10 Å². The van der Waals surface area contributed by atoms with Crippen LogP contribution < -0.4 is 29.9 Å². The molecule has 5 aromatic rings. The summed E-state index contributed by atoms with van der Waals surface area (Å²) < 4.78 is 24.4. The van der Waals surface area contributed by atoms with E-state index >= 15 is 0 Å². The Morgan fingerprint density at radius 3 is 2.50 bits per heavy atom. The number of ether oxygens (including phenoxy) is 4. The number of fused-ring (bicyclic) bond motifs is 1. The summed E-state index contributed by atoms with van der Waals surface area (Å²) in [7, 11) is 3.31. The summed E-state index contributed by atoms with van der Waals surface area (Å²) in [6, 6.07) is 19.3. The molecule has 0 bridgehead atoms. The van der Waals surface area contributed by atoms with Crippen LogP contribution in [0.2, 0.25) is 0 Å². The highest BCUT2D eigenvalue weighted by Crippen LogP contribution is 2.34. The number of nitrogens with zero attached hydrogens (tertiary/aromatic N) is 5. The average Bonchev–Trinajstić information content (AvgIpc) is 3.66. The summed E-state index contributed by atoms with van der Waals surface area (Å²) in [5.41, 5.74) is 8.09. The van der Waals surface area contributed by atoms with Crippen molar-refractivity contribution in [3.8, 4) is 28.5 Å². The zero-order valence-corrected chi connectivity index (χ0v) is 30.2. The number of amides is 1. The second-order valence-corrected chi connectivity index (χ2v) is 12.8. The topological polar surface area (TPSA) is 134 Å². The van der Waals surface area contributed by atoms with E-state index in [0.717, 1.165) is 83.9 Å². The molecule has 1 saturated heterocycles. The second-order valence-electron chi connectivity index (χ2n) is 12.8. The van der Waals surface area contributed by atoms with E-state index < -0.39 is 6.29 Å². The maximum absolute atomic E-state index is 12.4. The van der Waals surface area contributed by atoms with Gasteiger partial charge < -0.3 is 29.2 Å². The normalized spacial score (nSPS) is 14.4. The summed E-state index contributed by atoms with van der Waals surface area (Å²) in [5.74, 6) is 1.79. The molecule has 13 heteroatoms. The molecule has 1 atom stereocenters. The minimum atomic E-state index is -0.393. The Morgan fingerprint density at radius 1 is 0.962 bits per heavy atom. The van der Waals surface area contributed by atoms with Crippen molar-refractivity contribution in [2.24, 2.45) is 0 Å². The van der Waals surface area contributed by atoms with Crippen LogP contribution in [0, 0.1) is 0 Å². The number of aromatic nitrogens is 4. The van der Waals surface area contributed by atoms with E-state index in [1.807, 2.05) is 35.1 Å². The van der Waals surface area contributed by atoms with Crippen LogP contribution in [0.25, 0.3) is 22.3 Å². The zero-order valence-electron chi connectivity index (χ0n) is 30.2. The van der Waals surface area contributed by atoms with Gasteiger partial charge in [0.1, 0.15) is 17.2 Å². The van der Waals surface area contributed by atoms with Crippen molar-refractivity contribution in [1.29, 1.82) is 0 Å². The molecule has 1 unspecified atom stereocenters. The van der Waals surface area contributed by atoms with Crippen molar-refractivity contribution in [1.82, 2.24) is 30.5 Å². The molecule has 0 saturated carbocycles. The largest absolute Gasteiger partial charge is 0.497 e. The maximum Gasteiger partial charge on any atom is 0.274 e. The number of anilines is 2. The van der Waals surface area contributed by atoms with Gasteiger partial charge in [-0.05, 0) is 55.3 Å². The monoisotopic (exact) mass is 709 g/mol. The number of carbonyl (C=O) groups excluding carboxylic acids is 1. The van der Waals surface area contributed by atoms with Crippen molar-refractivity contribution in [3.05, 3.63) is 84.8 Å². The van der Waals surface area contributed by atoms with Crippen LogP contribution in [0.1, 0.15) is 49.9 Å². The third-order valence-electron chi connectivity index (χ3n) is 8.64. The minimum absolute atomic E-state index is 0.322. The van der Waals surface area contributed by atoms with Gasteiger partial charge in [0.25, 0.3) is 5.91 Å². The van der Waals surface area contributed by atoms with Crippen LogP contribution >= 0.6 is 0 Å². The van der Waals surface area contributed by atoms with Gasteiger partial charge in [-0.15, -0.1) is 0 Å². The Morgan fingerprint density at radius 2 is 1.77 bits per heavy atom. The smallest absolute Gasteiger partial charge is 0.274 e. The fourth-order valence-electron chi connectivity index (χ4n) is 5.85. The van der Waals surface area contributed by atoms with Gasteiger partial charge in [0.05, 0.1) is 49.9 Å². The molecular weight excluding hydrogens is 662 g/mol. The van der Waals surface area contributed by atoms with Crippen molar-refractivity contribution < 1.29 is 28.6 Å². The molecule has 1 aliphatic heterocycles. The van der Waals surface area contributed by atoms with E-state index in [1.54, 1.807) is 50.9 Å². The van der Waals surface area contributed by atoms with E-state index in [2.05, 4.69) is 46.8 Å². The molecule has 13 nitrogen and oxygen atoms in total. The van der Waals surface area contributed by atoms with Gasteiger partial charge in [-0.25, -0.2) is 15.3 Å². The summed E-state index contributed by atoms with van der Waals surface area (Å²) in [5, 5.41) is 8.07. The quantitative estimate of drug-likeness (QED) is 0.0832. The Hall–Kier alpha value is -5.24. The van der Waals surface area contributed by atoms with Gasteiger partial charge >= 0.3 is 0 Å². The van der Waals surface area contributed by atoms with E-state index in [4.69, 9.17) is 33.8 Å². The standard InChI is InChI=1S/C39H47N7O6/c1-27(2)40-15-17-46(31-20-33(48-3)23-34(21-31)49-4)30-11-14-35-36(22-30)43-37(25-41-35)29-24-42-45(26-29)16-7-19-50-32-12-9-28(10-13-32)39(47)44-52-38-8-5-6-18-51-38/h9-14,20-27,38,40H,5-8,15-19H2,1-4H3,(H,44,47). The summed E-state index contributed by atoms with van der Waals surface area (Å²) >= 11 is 0. The van der Waals surface area contributed by atoms with Crippen molar-refractivity contribution in [3.63, 3.8) is 0 Å². The third kappa shape index (κ3) is 9.75. The van der Waals surface area contributed by atoms with E-state index in [9.17, 15) is 4.79 Å². The van der Waals surface area contributed by atoms with Crippen molar-refractivity contribution >= 4 is 28.3 Å². The molecule has 0 radical (unpaired) electrons. The first-order chi connectivity index (χ1) is 25.4. The lowest BCUT2D eigenvalue weighted by Gasteiger charge is -2.27. The average molecular weight is 710 g/mol. The molecule has 2 N–H and O–H groups in total. The molecule has 3 heterocycles. The Balaban J connectivity index is 1.06. The lowest BCUT2D eigenvalue weighted by molar-refractivity contribution is -0.186. The summed E-state index contributed by atoms with van der Waals surface area (Å²) in [6.07, 6.45) is 8.71. The Labute approximate surface area is 304 Å². The van der Waals surface area contributed by atoms with E-state index in [0.29, 0.717) is 37.1 Å². The molecule has 6 rings (SSSR count).